The molecule has 1 aromatic rings. The average Bonchev–Trinajstić information content (AvgIpc) is 2.63. The fraction of sp³-hybridized carbons (Fsp3) is 0.714. The molecule has 1 aliphatic carbocycles. The van der Waals surface area contributed by atoms with E-state index in [0.717, 1.165) is 18.2 Å². The van der Waals surface area contributed by atoms with Gasteiger partial charge in [0.2, 0.25) is 12.3 Å². The van der Waals surface area contributed by atoms with Crippen molar-refractivity contribution in [3.8, 4) is 0 Å². The van der Waals surface area contributed by atoms with Crippen LogP contribution >= 0.6 is 0 Å². The number of hydrogen-bond donors (Lipinski definition) is 0. The lowest BCUT2D eigenvalue weighted by molar-refractivity contribution is 0.479. The zero-order chi connectivity index (χ0) is 6.81. The Kier molecular flexibility index (Phi) is 1.42. The van der Waals surface area contributed by atoms with Gasteiger partial charge in [0.25, 0.3) is 0 Å². The molecule has 0 saturated heterocycles. The van der Waals surface area contributed by atoms with Crippen molar-refractivity contribution in [1.82, 2.24) is 10.2 Å². The molecular formula is C7H10N2O. The van der Waals surface area contributed by atoms with E-state index in [1.165, 1.54) is 25.7 Å². The quantitative estimate of drug-likeness (QED) is 0.634. The Labute approximate surface area is 59.5 Å². The molecule has 3 heteroatoms. The Morgan fingerprint density at radius 3 is 3.10 bits per heavy atom. The number of hydrogen-bond acceptors (Lipinski definition) is 3. The predicted molar refractivity (Wildman–Crippen MR) is 35.3 cm³/mol. The van der Waals surface area contributed by atoms with Crippen LogP contribution in [0.3, 0.4) is 0 Å². The molecule has 2 rings (SSSR count). The van der Waals surface area contributed by atoms with Gasteiger partial charge in [-0.05, 0) is 12.3 Å². The van der Waals surface area contributed by atoms with Crippen molar-refractivity contribution < 1.29 is 4.42 Å². The molecule has 1 fully saturated rings. The first-order valence-electron chi connectivity index (χ1n) is 3.70. The first kappa shape index (κ1) is 5.89. The van der Waals surface area contributed by atoms with Crippen LogP contribution in [0.1, 0.15) is 25.2 Å². The van der Waals surface area contributed by atoms with Gasteiger partial charge in [0.1, 0.15) is 0 Å². The van der Waals surface area contributed by atoms with Crippen molar-refractivity contribution in [3.63, 3.8) is 0 Å². The van der Waals surface area contributed by atoms with E-state index < -0.39 is 0 Å². The molecule has 0 radical (unpaired) electrons. The van der Waals surface area contributed by atoms with Crippen LogP contribution < -0.4 is 0 Å². The Morgan fingerprint density at radius 2 is 2.50 bits per heavy atom. The minimum atomic E-state index is 0.784. The third-order valence-electron chi connectivity index (χ3n) is 1.87. The van der Waals surface area contributed by atoms with Crippen molar-refractivity contribution in [2.24, 2.45) is 5.92 Å². The highest BCUT2D eigenvalue weighted by atomic mass is 16.4. The van der Waals surface area contributed by atoms with Gasteiger partial charge in [-0.1, -0.05) is 12.8 Å². The highest BCUT2D eigenvalue weighted by Crippen LogP contribution is 2.33. The van der Waals surface area contributed by atoms with E-state index in [-0.39, 0.29) is 0 Å². The summed E-state index contributed by atoms with van der Waals surface area (Å²) in [5, 5.41) is 7.40. The second-order valence-electron chi connectivity index (χ2n) is 2.81. The van der Waals surface area contributed by atoms with Crippen molar-refractivity contribution >= 4 is 0 Å². The van der Waals surface area contributed by atoms with Gasteiger partial charge in [0.05, 0.1) is 0 Å². The standard InChI is InChI=1S/C7H10N2O/c1-2-6(1)3-4-7-9-8-5-10-7/h5-6H,1-4H2. The predicted octanol–water partition coefficient (Wildman–Crippen LogP) is 1.41. The molecule has 10 heavy (non-hydrogen) atoms. The van der Waals surface area contributed by atoms with Crippen LogP contribution in [0.4, 0.5) is 0 Å². The van der Waals surface area contributed by atoms with Gasteiger partial charge in [-0.25, -0.2) is 0 Å². The van der Waals surface area contributed by atoms with Gasteiger partial charge in [0.15, 0.2) is 0 Å². The molecule has 3 nitrogen and oxygen atoms in total. The zero-order valence-electron chi connectivity index (χ0n) is 5.79. The number of nitrogens with zero attached hydrogens (tertiary/aromatic N) is 2. The normalized spacial score (nSPS) is 17.6. The Balaban J connectivity index is 1.79. The summed E-state index contributed by atoms with van der Waals surface area (Å²) in [5.41, 5.74) is 0. The summed E-state index contributed by atoms with van der Waals surface area (Å²) in [6.45, 7) is 0. The van der Waals surface area contributed by atoms with Crippen LogP contribution in [0, 0.1) is 5.92 Å². The lowest BCUT2D eigenvalue weighted by Crippen LogP contribution is -1.86. The van der Waals surface area contributed by atoms with Crippen LogP contribution in [-0.4, -0.2) is 10.2 Å². The van der Waals surface area contributed by atoms with E-state index in [2.05, 4.69) is 10.2 Å². The van der Waals surface area contributed by atoms with Gasteiger partial charge in [0, 0.05) is 6.42 Å². The van der Waals surface area contributed by atoms with E-state index in [4.69, 9.17) is 4.42 Å². The van der Waals surface area contributed by atoms with Gasteiger partial charge in [-0.2, -0.15) is 0 Å². The Hall–Kier alpha value is -0.860. The maximum absolute atomic E-state index is 4.99. The Bertz CT molecular complexity index is 191. The summed E-state index contributed by atoms with van der Waals surface area (Å²) in [5.74, 6) is 1.74. The second kappa shape index (κ2) is 2.40. The summed E-state index contributed by atoms with van der Waals surface area (Å²) in [7, 11) is 0. The molecule has 0 aromatic carbocycles. The smallest absolute Gasteiger partial charge is 0.216 e. The van der Waals surface area contributed by atoms with Crippen LogP contribution in [0.2, 0.25) is 0 Å². The largest absolute Gasteiger partial charge is 0.428 e. The molecule has 54 valence electrons. The van der Waals surface area contributed by atoms with Crippen LogP contribution in [0.5, 0.6) is 0 Å². The summed E-state index contributed by atoms with van der Waals surface area (Å²) in [6, 6.07) is 0. The highest BCUT2D eigenvalue weighted by Gasteiger charge is 2.21. The van der Waals surface area contributed by atoms with E-state index in [0.29, 0.717) is 0 Å². The van der Waals surface area contributed by atoms with Crippen molar-refractivity contribution in [2.45, 2.75) is 25.7 Å². The van der Waals surface area contributed by atoms with Crippen LogP contribution in [0.25, 0.3) is 0 Å². The maximum Gasteiger partial charge on any atom is 0.216 e. The fourth-order valence-corrected chi connectivity index (χ4v) is 1.04. The number of aromatic nitrogens is 2. The van der Waals surface area contributed by atoms with E-state index >= 15 is 0 Å². The molecule has 1 saturated carbocycles. The minimum absolute atomic E-state index is 0.784. The first-order chi connectivity index (χ1) is 4.95. The monoisotopic (exact) mass is 138 g/mol. The Morgan fingerprint density at radius 1 is 1.60 bits per heavy atom. The number of aryl methyl sites for hydroxylation is 1. The van der Waals surface area contributed by atoms with E-state index in [1.807, 2.05) is 0 Å². The fourth-order valence-electron chi connectivity index (χ4n) is 1.04. The zero-order valence-corrected chi connectivity index (χ0v) is 5.79. The van der Waals surface area contributed by atoms with Crippen molar-refractivity contribution in [1.29, 1.82) is 0 Å². The molecule has 0 atom stereocenters. The molecular weight excluding hydrogens is 128 g/mol. The molecule has 0 aliphatic heterocycles. The maximum atomic E-state index is 4.99. The molecule has 0 spiro atoms. The van der Waals surface area contributed by atoms with Gasteiger partial charge < -0.3 is 4.42 Å². The summed E-state index contributed by atoms with van der Waals surface area (Å²) in [6.07, 6.45) is 6.37. The summed E-state index contributed by atoms with van der Waals surface area (Å²) < 4.78 is 4.99. The topological polar surface area (TPSA) is 38.9 Å². The van der Waals surface area contributed by atoms with E-state index in [1.54, 1.807) is 0 Å². The SMILES string of the molecule is c1nnc(CCC2CC2)o1. The molecule has 1 heterocycles. The van der Waals surface area contributed by atoms with Crippen molar-refractivity contribution in [3.05, 3.63) is 12.3 Å². The summed E-state index contributed by atoms with van der Waals surface area (Å²) in [4.78, 5) is 0. The van der Waals surface area contributed by atoms with Crippen molar-refractivity contribution in [2.75, 3.05) is 0 Å². The third kappa shape index (κ3) is 1.35. The van der Waals surface area contributed by atoms with Gasteiger partial charge >= 0.3 is 0 Å². The molecule has 1 aliphatic rings. The van der Waals surface area contributed by atoms with Crippen LogP contribution in [-0.2, 0) is 6.42 Å². The first-order valence-corrected chi connectivity index (χ1v) is 3.70. The second-order valence-corrected chi connectivity index (χ2v) is 2.81. The third-order valence-corrected chi connectivity index (χ3v) is 1.87. The molecule has 1 aromatic heterocycles. The molecule has 0 N–H and O–H groups in total. The van der Waals surface area contributed by atoms with Gasteiger partial charge in [-0.15, -0.1) is 10.2 Å². The number of rotatable bonds is 3. The average molecular weight is 138 g/mol. The van der Waals surface area contributed by atoms with Gasteiger partial charge in [-0.3, -0.25) is 0 Å². The van der Waals surface area contributed by atoms with E-state index in [9.17, 15) is 0 Å². The molecule has 0 unspecified atom stereocenters. The molecule has 0 bridgehead atoms. The lowest BCUT2D eigenvalue weighted by atomic mass is 10.2. The summed E-state index contributed by atoms with van der Waals surface area (Å²) >= 11 is 0. The van der Waals surface area contributed by atoms with Crippen LogP contribution in [0.15, 0.2) is 10.8 Å². The highest BCUT2D eigenvalue weighted by molar-refractivity contribution is 4.80. The minimum Gasteiger partial charge on any atom is -0.428 e. The lowest BCUT2D eigenvalue weighted by Gasteiger charge is -1.89. The molecule has 0 amide bonds.